The van der Waals surface area contributed by atoms with Crippen molar-refractivity contribution in [2.24, 2.45) is 0 Å². The second-order valence-corrected chi connectivity index (χ2v) is 3.55. The maximum Gasteiger partial charge on any atom is 0.249 e. The van der Waals surface area contributed by atoms with Gasteiger partial charge in [-0.2, -0.15) is 0 Å². The maximum absolute atomic E-state index is 11.1. The maximum atomic E-state index is 11.1. The first-order valence-electron chi connectivity index (χ1n) is 4.04. The summed E-state index contributed by atoms with van der Waals surface area (Å²) in [4.78, 5) is 22.6. The lowest BCUT2D eigenvalue weighted by atomic mass is 10.3. The molecule has 0 heterocycles. The van der Waals surface area contributed by atoms with Gasteiger partial charge in [0, 0.05) is 17.4 Å². The van der Waals surface area contributed by atoms with Crippen LogP contribution in [-0.2, 0) is 9.59 Å². The van der Waals surface area contributed by atoms with E-state index in [9.17, 15) is 9.59 Å². The van der Waals surface area contributed by atoms with E-state index in [0.717, 1.165) is 6.08 Å². The molecule has 0 aliphatic carbocycles. The standard InChI is InChI=1S/C9H11NO2S2/c1-3-7(11)4-5-8(12)10-9(14)6(2)13/h4-5H,3H2,1-2H3,(H,10,12,14)/b5-4+. The number of amides is 1. The van der Waals surface area contributed by atoms with E-state index in [-0.39, 0.29) is 10.8 Å². The Labute approximate surface area is 93.6 Å². The first kappa shape index (κ1) is 13.1. The summed E-state index contributed by atoms with van der Waals surface area (Å²) < 4.78 is 0. The molecule has 0 aromatic carbocycles. The van der Waals surface area contributed by atoms with Crippen LogP contribution in [0.3, 0.4) is 0 Å². The van der Waals surface area contributed by atoms with Gasteiger partial charge in [0.2, 0.25) is 5.91 Å². The summed E-state index contributed by atoms with van der Waals surface area (Å²) in [6.07, 6.45) is 2.74. The Morgan fingerprint density at radius 3 is 2.29 bits per heavy atom. The zero-order valence-electron chi connectivity index (χ0n) is 7.99. The van der Waals surface area contributed by atoms with Crippen LogP contribution in [-0.4, -0.2) is 21.5 Å². The molecule has 14 heavy (non-hydrogen) atoms. The van der Waals surface area contributed by atoms with Crippen molar-refractivity contribution in [2.45, 2.75) is 20.3 Å². The number of rotatable bonds is 4. The van der Waals surface area contributed by atoms with Crippen LogP contribution in [0.1, 0.15) is 20.3 Å². The second-order valence-electron chi connectivity index (χ2n) is 2.53. The van der Waals surface area contributed by atoms with Crippen molar-refractivity contribution in [3.8, 4) is 0 Å². The van der Waals surface area contributed by atoms with Gasteiger partial charge in [0.15, 0.2) is 5.78 Å². The van der Waals surface area contributed by atoms with E-state index in [1.54, 1.807) is 13.8 Å². The van der Waals surface area contributed by atoms with Gasteiger partial charge in [-0.05, 0) is 13.0 Å². The molecular weight excluding hydrogens is 218 g/mol. The molecule has 0 atom stereocenters. The molecule has 5 heteroatoms. The highest BCUT2D eigenvalue weighted by Gasteiger charge is 2.02. The molecular formula is C9H11NO2S2. The van der Waals surface area contributed by atoms with E-state index in [2.05, 4.69) is 5.32 Å². The molecule has 0 rings (SSSR count). The first-order valence-corrected chi connectivity index (χ1v) is 4.85. The van der Waals surface area contributed by atoms with E-state index >= 15 is 0 Å². The number of thiocarbonyl (C=S) groups is 2. The number of hydrogen-bond acceptors (Lipinski definition) is 4. The van der Waals surface area contributed by atoms with E-state index in [0.29, 0.717) is 11.3 Å². The molecule has 76 valence electrons. The summed E-state index contributed by atoms with van der Waals surface area (Å²) >= 11 is 9.52. The third kappa shape index (κ3) is 5.66. The highest BCUT2D eigenvalue weighted by atomic mass is 32.1. The minimum atomic E-state index is -0.430. The Hall–Kier alpha value is -0.940. The SMILES string of the molecule is CCC(=O)/C=C/C(=O)NC(=S)C(C)=S. The Morgan fingerprint density at radius 2 is 1.86 bits per heavy atom. The van der Waals surface area contributed by atoms with Crippen molar-refractivity contribution in [1.29, 1.82) is 0 Å². The van der Waals surface area contributed by atoms with Crippen molar-refractivity contribution in [1.82, 2.24) is 5.32 Å². The topological polar surface area (TPSA) is 46.2 Å². The molecule has 0 aromatic rings. The van der Waals surface area contributed by atoms with Crippen LogP contribution in [0, 0.1) is 0 Å². The molecule has 0 spiro atoms. The first-order chi connectivity index (χ1) is 6.47. The Morgan fingerprint density at radius 1 is 1.29 bits per heavy atom. The molecule has 3 nitrogen and oxygen atoms in total. The minimum absolute atomic E-state index is 0.106. The van der Waals surface area contributed by atoms with E-state index in [1.165, 1.54) is 6.08 Å². The molecule has 0 saturated carbocycles. The highest BCUT2D eigenvalue weighted by Crippen LogP contribution is 1.85. The van der Waals surface area contributed by atoms with Crippen molar-refractivity contribution in [3.05, 3.63) is 12.2 Å². The summed E-state index contributed by atoms with van der Waals surface area (Å²) in [6, 6.07) is 0. The van der Waals surface area contributed by atoms with E-state index < -0.39 is 5.91 Å². The summed E-state index contributed by atoms with van der Waals surface area (Å²) in [5, 5.41) is 2.37. The lowest BCUT2D eigenvalue weighted by molar-refractivity contribution is -0.116. The zero-order valence-corrected chi connectivity index (χ0v) is 9.63. The Kier molecular flexibility index (Phi) is 6.07. The van der Waals surface area contributed by atoms with Gasteiger partial charge in [0.1, 0.15) is 4.99 Å². The molecule has 0 unspecified atom stereocenters. The Bertz CT molecular complexity index is 308. The predicted molar refractivity (Wildman–Crippen MR) is 63.5 cm³/mol. The van der Waals surface area contributed by atoms with Gasteiger partial charge in [-0.1, -0.05) is 31.4 Å². The number of carbonyl (C=O) groups excluding carboxylic acids is 2. The van der Waals surface area contributed by atoms with Crippen LogP contribution in [0.4, 0.5) is 0 Å². The number of allylic oxidation sites excluding steroid dienone is 1. The normalized spacial score (nSPS) is 9.86. The average molecular weight is 229 g/mol. The van der Waals surface area contributed by atoms with E-state index in [4.69, 9.17) is 24.4 Å². The largest absolute Gasteiger partial charge is 0.313 e. The quantitative estimate of drug-likeness (QED) is 0.584. The number of ketones is 1. The van der Waals surface area contributed by atoms with Gasteiger partial charge in [-0.25, -0.2) is 0 Å². The van der Waals surface area contributed by atoms with Crippen molar-refractivity contribution in [3.63, 3.8) is 0 Å². The molecule has 1 amide bonds. The molecule has 0 aliphatic rings. The van der Waals surface area contributed by atoms with Gasteiger partial charge in [-0.15, -0.1) is 0 Å². The summed E-state index contributed by atoms with van der Waals surface area (Å²) in [5.41, 5.74) is 0. The molecule has 0 bridgehead atoms. The number of carbonyl (C=O) groups is 2. The van der Waals surface area contributed by atoms with Gasteiger partial charge < -0.3 is 5.32 Å². The molecule has 0 aliphatic heterocycles. The molecule has 0 radical (unpaired) electrons. The van der Waals surface area contributed by atoms with Crippen LogP contribution in [0.2, 0.25) is 0 Å². The lowest BCUT2D eigenvalue weighted by Gasteiger charge is -2.00. The van der Waals surface area contributed by atoms with Gasteiger partial charge in [0.05, 0.1) is 0 Å². The van der Waals surface area contributed by atoms with Gasteiger partial charge in [-0.3, -0.25) is 9.59 Å². The van der Waals surface area contributed by atoms with Crippen LogP contribution < -0.4 is 5.32 Å². The van der Waals surface area contributed by atoms with Crippen LogP contribution >= 0.6 is 24.4 Å². The van der Waals surface area contributed by atoms with Gasteiger partial charge >= 0.3 is 0 Å². The fraction of sp³-hybridized carbons (Fsp3) is 0.333. The zero-order chi connectivity index (χ0) is 11.1. The fourth-order valence-corrected chi connectivity index (χ4v) is 0.680. The molecule has 0 aromatic heterocycles. The molecule has 1 N–H and O–H groups in total. The monoisotopic (exact) mass is 229 g/mol. The smallest absolute Gasteiger partial charge is 0.249 e. The van der Waals surface area contributed by atoms with Crippen molar-refractivity contribution in [2.75, 3.05) is 0 Å². The summed E-state index contributed by atoms with van der Waals surface area (Å²) in [7, 11) is 0. The molecule has 0 saturated heterocycles. The summed E-state index contributed by atoms with van der Waals surface area (Å²) in [5.74, 6) is -0.536. The Balaban J connectivity index is 4.12. The van der Waals surface area contributed by atoms with Crippen LogP contribution in [0.25, 0.3) is 0 Å². The number of nitrogens with one attached hydrogen (secondary N) is 1. The minimum Gasteiger partial charge on any atom is -0.313 e. The van der Waals surface area contributed by atoms with Crippen LogP contribution in [0.5, 0.6) is 0 Å². The third-order valence-corrected chi connectivity index (χ3v) is 2.07. The summed E-state index contributed by atoms with van der Waals surface area (Å²) in [6.45, 7) is 3.34. The number of hydrogen-bond donors (Lipinski definition) is 1. The predicted octanol–water partition coefficient (Wildman–Crippen LogP) is 1.36. The highest BCUT2D eigenvalue weighted by molar-refractivity contribution is 7.89. The van der Waals surface area contributed by atoms with Crippen molar-refractivity contribution < 1.29 is 9.59 Å². The lowest BCUT2D eigenvalue weighted by Crippen LogP contribution is -2.31. The second kappa shape index (κ2) is 6.50. The fourth-order valence-electron chi connectivity index (χ4n) is 0.528. The van der Waals surface area contributed by atoms with Crippen LogP contribution in [0.15, 0.2) is 12.2 Å². The average Bonchev–Trinajstić information content (AvgIpc) is 2.13. The molecule has 0 fully saturated rings. The van der Waals surface area contributed by atoms with E-state index in [1.807, 2.05) is 0 Å². The van der Waals surface area contributed by atoms with Crippen molar-refractivity contribution >= 4 is 46.0 Å². The third-order valence-electron chi connectivity index (χ3n) is 1.33. The van der Waals surface area contributed by atoms with Gasteiger partial charge in [0.25, 0.3) is 0 Å².